The van der Waals surface area contributed by atoms with Gasteiger partial charge in [-0.2, -0.15) is 0 Å². The van der Waals surface area contributed by atoms with E-state index in [9.17, 15) is 4.79 Å². The van der Waals surface area contributed by atoms with E-state index in [2.05, 4.69) is 6.92 Å². The normalized spacial score (nSPS) is 13.2. The number of rotatable bonds is 4. The minimum absolute atomic E-state index is 0.389. The van der Waals surface area contributed by atoms with Crippen LogP contribution in [-0.2, 0) is 4.79 Å². The molecule has 0 rings (SSSR count). The molecule has 0 aromatic heterocycles. The Bertz CT molecular complexity index is 212. The van der Waals surface area contributed by atoms with Crippen LogP contribution in [0.25, 0.3) is 0 Å². The lowest BCUT2D eigenvalue weighted by Gasteiger charge is -1.94. The maximum Gasteiger partial charge on any atom is 0.331 e. The molecule has 0 spiro atoms. The monoisotopic (exact) mass is 168 g/mol. The molecule has 0 radical (unpaired) electrons. The van der Waals surface area contributed by atoms with E-state index in [1.54, 1.807) is 13.0 Å². The highest BCUT2D eigenvalue weighted by molar-refractivity contribution is 5.86. The standard InChI is InChI=1S/C10H16O2/c1-4-5-6-8(2)7-9(3)10(11)12/h6-7H,4-5H2,1-3H3,(H,11,12)/b8-6+,9-7+. The molecule has 0 saturated carbocycles. The molecule has 2 nitrogen and oxygen atoms in total. The number of aliphatic carboxylic acids is 1. The maximum atomic E-state index is 10.4. The van der Waals surface area contributed by atoms with E-state index < -0.39 is 5.97 Å². The fourth-order valence-electron chi connectivity index (χ4n) is 0.834. The number of hydrogen-bond donors (Lipinski definition) is 1. The topological polar surface area (TPSA) is 37.3 Å². The van der Waals surface area contributed by atoms with Crippen molar-refractivity contribution in [2.75, 3.05) is 0 Å². The van der Waals surface area contributed by atoms with E-state index in [0.29, 0.717) is 5.57 Å². The van der Waals surface area contributed by atoms with Crippen LogP contribution >= 0.6 is 0 Å². The lowest BCUT2D eigenvalue weighted by atomic mass is 10.1. The van der Waals surface area contributed by atoms with Gasteiger partial charge in [0.1, 0.15) is 0 Å². The van der Waals surface area contributed by atoms with Crippen molar-refractivity contribution in [3.05, 3.63) is 23.3 Å². The Morgan fingerprint density at radius 1 is 1.42 bits per heavy atom. The van der Waals surface area contributed by atoms with E-state index in [0.717, 1.165) is 18.4 Å². The van der Waals surface area contributed by atoms with Crippen LogP contribution in [0.3, 0.4) is 0 Å². The van der Waals surface area contributed by atoms with Crippen LogP contribution in [0.15, 0.2) is 23.3 Å². The lowest BCUT2D eigenvalue weighted by molar-refractivity contribution is -0.132. The molecule has 12 heavy (non-hydrogen) atoms. The molecule has 0 saturated heterocycles. The van der Waals surface area contributed by atoms with E-state index in [1.807, 2.05) is 13.0 Å². The zero-order valence-electron chi connectivity index (χ0n) is 7.92. The van der Waals surface area contributed by atoms with Crippen LogP contribution < -0.4 is 0 Å². The molecule has 2 heteroatoms. The summed E-state index contributed by atoms with van der Waals surface area (Å²) in [4.78, 5) is 10.4. The molecule has 0 aliphatic heterocycles. The first-order valence-electron chi connectivity index (χ1n) is 4.16. The lowest BCUT2D eigenvalue weighted by Crippen LogP contribution is -1.95. The molecule has 0 aliphatic carbocycles. The third-order valence-electron chi connectivity index (χ3n) is 1.54. The number of carboxylic acids is 1. The molecule has 0 atom stereocenters. The van der Waals surface area contributed by atoms with E-state index in [4.69, 9.17) is 5.11 Å². The Morgan fingerprint density at radius 3 is 2.42 bits per heavy atom. The second kappa shape index (κ2) is 5.58. The molecule has 0 aromatic carbocycles. The van der Waals surface area contributed by atoms with E-state index in [-0.39, 0.29) is 0 Å². The third-order valence-corrected chi connectivity index (χ3v) is 1.54. The summed E-state index contributed by atoms with van der Waals surface area (Å²) >= 11 is 0. The zero-order valence-corrected chi connectivity index (χ0v) is 7.92. The summed E-state index contributed by atoms with van der Waals surface area (Å²) in [6.07, 6.45) is 5.84. The SMILES string of the molecule is CCC/C=C(C)/C=C(\C)C(=O)O. The first kappa shape index (κ1) is 11.0. The number of hydrogen-bond acceptors (Lipinski definition) is 1. The van der Waals surface area contributed by atoms with Crippen molar-refractivity contribution in [1.82, 2.24) is 0 Å². The van der Waals surface area contributed by atoms with Gasteiger partial charge in [0, 0.05) is 5.57 Å². The van der Waals surface area contributed by atoms with Gasteiger partial charge >= 0.3 is 5.97 Å². The van der Waals surface area contributed by atoms with E-state index in [1.165, 1.54) is 0 Å². The molecule has 0 bridgehead atoms. The summed E-state index contributed by atoms with van der Waals surface area (Å²) in [6, 6.07) is 0. The van der Waals surface area contributed by atoms with Crippen LogP contribution in [0.1, 0.15) is 33.6 Å². The Kier molecular flexibility index (Phi) is 5.09. The van der Waals surface area contributed by atoms with Crippen molar-refractivity contribution in [2.24, 2.45) is 0 Å². The largest absolute Gasteiger partial charge is 0.478 e. The fourth-order valence-corrected chi connectivity index (χ4v) is 0.834. The molecule has 0 unspecified atom stereocenters. The summed E-state index contributed by atoms with van der Waals surface area (Å²) in [5, 5.41) is 8.56. The second-order valence-corrected chi connectivity index (χ2v) is 2.87. The average molecular weight is 168 g/mol. The van der Waals surface area contributed by atoms with Gasteiger partial charge < -0.3 is 5.11 Å². The van der Waals surface area contributed by atoms with Gasteiger partial charge in [-0.05, 0) is 26.3 Å². The van der Waals surface area contributed by atoms with Crippen LogP contribution in [-0.4, -0.2) is 11.1 Å². The minimum atomic E-state index is -0.848. The van der Waals surface area contributed by atoms with Crippen molar-refractivity contribution in [2.45, 2.75) is 33.6 Å². The number of carboxylic acid groups (broad SMARTS) is 1. The van der Waals surface area contributed by atoms with Crippen LogP contribution in [0.2, 0.25) is 0 Å². The van der Waals surface area contributed by atoms with Gasteiger partial charge in [-0.15, -0.1) is 0 Å². The van der Waals surface area contributed by atoms with Gasteiger partial charge in [0.05, 0.1) is 0 Å². The molecule has 0 aliphatic rings. The van der Waals surface area contributed by atoms with Crippen LogP contribution in [0.5, 0.6) is 0 Å². The molecule has 0 amide bonds. The molecule has 0 fully saturated rings. The molecule has 68 valence electrons. The Labute approximate surface area is 73.6 Å². The summed E-state index contributed by atoms with van der Waals surface area (Å²) in [7, 11) is 0. The summed E-state index contributed by atoms with van der Waals surface area (Å²) in [6.45, 7) is 5.62. The Hall–Kier alpha value is -1.05. The van der Waals surface area contributed by atoms with Gasteiger partial charge in [-0.25, -0.2) is 4.79 Å². The van der Waals surface area contributed by atoms with Gasteiger partial charge in [0.2, 0.25) is 0 Å². The number of unbranched alkanes of at least 4 members (excludes halogenated alkanes) is 1. The van der Waals surface area contributed by atoms with Crippen molar-refractivity contribution in [3.63, 3.8) is 0 Å². The van der Waals surface area contributed by atoms with Crippen molar-refractivity contribution < 1.29 is 9.90 Å². The Morgan fingerprint density at radius 2 is 2.00 bits per heavy atom. The first-order chi connectivity index (χ1) is 5.57. The van der Waals surface area contributed by atoms with Crippen molar-refractivity contribution >= 4 is 5.97 Å². The number of carbonyl (C=O) groups is 1. The molecule has 0 heterocycles. The smallest absolute Gasteiger partial charge is 0.331 e. The van der Waals surface area contributed by atoms with E-state index >= 15 is 0 Å². The minimum Gasteiger partial charge on any atom is -0.478 e. The van der Waals surface area contributed by atoms with Gasteiger partial charge in [0.15, 0.2) is 0 Å². The predicted octanol–water partition coefficient (Wildman–Crippen LogP) is 2.76. The summed E-state index contributed by atoms with van der Waals surface area (Å²) in [5.74, 6) is -0.848. The quantitative estimate of drug-likeness (QED) is 0.517. The highest BCUT2D eigenvalue weighted by Crippen LogP contribution is 2.03. The molecular weight excluding hydrogens is 152 g/mol. The van der Waals surface area contributed by atoms with Gasteiger partial charge in [-0.1, -0.05) is 25.0 Å². The van der Waals surface area contributed by atoms with Gasteiger partial charge in [0.25, 0.3) is 0 Å². The first-order valence-corrected chi connectivity index (χ1v) is 4.16. The van der Waals surface area contributed by atoms with Crippen LogP contribution in [0, 0.1) is 0 Å². The average Bonchev–Trinajstić information content (AvgIpc) is 2.00. The third kappa shape index (κ3) is 4.72. The highest BCUT2D eigenvalue weighted by Gasteiger charge is 1.97. The van der Waals surface area contributed by atoms with Crippen LogP contribution in [0.4, 0.5) is 0 Å². The van der Waals surface area contributed by atoms with Crippen molar-refractivity contribution in [1.29, 1.82) is 0 Å². The Balaban J connectivity index is 4.22. The maximum absolute atomic E-state index is 10.4. The van der Waals surface area contributed by atoms with Crippen molar-refractivity contribution in [3.8, 4) is 0 Å². The molecule has 1 N–H and O–H groups in total. The zero-order chi connectivity index (χ0) is 9.56. The molecule has 0 aromatic rings. The van der Waals surface area contributed by atoms with Gasteiger partial charge in [-0.3, -0.25) is 0 Å². The fraction of sp³-hybridized carbons (Fsp3) is 0.500. The number of allylic oxidation sites excluding steroid dienone is 3. The predicted molar refractivity (Wildman–Crippen MR) is 50.1 cm³/mol. The second-order valence-electron chi connectivity index (χ2n) is 2.87. The summed E-state index contributed by atoms with van der Waals surface area (Å²) < 4.78 is 0. The summed E-state index contributed by atoms with van der Waals surface area (Å²) in [5.41, 5.74) is 1.41. The molecular formula is C10H16O2. The highest BCUT2D eigenvalue weighted by atomic mass is 16.4.